The number of piperazine rings is 1. The second kappa shape index (κ2) is 11.0. The molecule has 6 rings (SSSR count). The van der Waals surface area contributed by atoms with Crippen molar-refractivity contribution in [2.24, 2.45) is 5.92 Å². The number of aromatic amines is 1. The summed E-state index contributed by atoms with van der Waals surface area (Å²) in [6.07, 6.45) is 0. The number of benzene rings is 3. The van der Waals surface area contributed by atoms with Crippen LogP contribution in [0, 0.1) is 5.92 Å². The third-order valence-corrected chi connectivity index (χ3v) is 8.32. The lowest BCUT2D eigenvalue weighted by Gasteiger charge is -2.43. The monoisotopic (exact) mass is 543 g/mol. The standard InChI is InChI=1S/C31H34ClN5O2/c1-20(2)29(25-5-3-4-6-27(25)32)33-31(38)22-9-12-28-26(17-22)30(35-34-28)21-7-10-23(11-8-21)36-13-15-37(16-14-36)24-18-39-19-24/h3-12,17,20,24,29H,13-16,18-19H2,1-2H3,(H,33,38)(H,34,35). The van der Waals surface area contributed by atoms with E-state index < -0.39 is 0 Å². The molecule has 2 aliphatic heterocycles. The summed E-state index contributed by atoms with van der Waals surface area (Å²) in [5, 5.41) is 12.5. The molecule has 39 heavy (non-hydrogen) atoms. The molecule has 8 heteroatoms. The fraction of sp³-hybridized carbons (Fsp3) is 0.355. The van der Waals surface area contributed by atoms with E-state index in [1.54, 1.807) is 0 Å². The van der Waals surface area contributed by atoms with Gasteiger partial charge in [-0.1, -0.05) is 55.8 Å². The number of H-pyrrole nitrogens is 1. The van der Waals surface area contributed by atoms with E-state index in [0.717, 1.165) is 67.1 Å². The normalized spacial score (nSPS) is 17.4. The van der Waals surface area contributed by atoms with Gasteiger partial charge in [0.15, 0.2) is 0 Å². The molecular weight excluding hydrogens is 510 g/mol. The highest BCUT2D eigenvalue weighted by molar-refractivity contribution is 6.31. The van der Waals surface area contributed by atoms with Crippen molar-refractivity contribution in [2.45, 2.75) is 25.9 Å². The highest BCUT2D eigenvalue weighted by Gasteiger charge is 2.29. The third kappa shape index (κ3) is 5.26. The number of hydrogen-bond acceptors (Lipinski definition) is 5. The van der Waals surface area contributed by atoms with Crippen molar-refractivity contribution in [2.75, 3.05) is 44.3 Å². The average Bonchev–Trinajstić information content (AvgIpc) is 3.35. The Balaban J connectivity index is 1.19. The Labute approximate surface area is 234 Å². The Hall–Kier alpha value is -3.39. The number of hydrogen-bond donors (Lipinski definition) is 2. The minimum Gasteiger partial charge on any atom is -0.378 e. The van der Waals surface area contributed by atoms with E-state index >= 15 is 0 Å². The van der Waals surface area contributed by atoms with Crippen LogP contribution >= 0.6 is 11.6 Å². The van der Waals surface area contributed by atoms with Crippen LogP contribution in [0.3, 0.4) is 0 Å². The van der Waals surface area contributed by atoms with Crippen LogP contribution in [0.15, 0.2) is 66.7 Å². The molecule has 2 saturated heterocycles. The zero-order chi connectivity index (χ0) is 26.9. The Kier molecular flexibility index (Phi) is 7.30. The first kappa shape index (κ1) is 25.9. The second-order valence-corrected chi connectivity index (χ2v) is 11.2. The number of amides is 1. The number of anilines is 1. The topological polar surface area (TPSA) is 73.5 Å². The highest BCUT2D eigenvalue weighted by Crippen LogP contribution is 2.31. The smallest absolute Gasteiger partial charge is 0.251 e. The molecule has 0 radical (unpaired) electrons. The van der Waals surface area contributed by atoms with Gasteiger partial charge in [0, 0.05) is 53.4 Å². The molecule has 7 nitrogen and oxygen atoms in total. The van der Waals surface area contributed by atoms with Gasteiger partial charge in [-0.05, 0) is 47.9 Å². The van der Waals surface area contributed by atoms with Crippen LogP contribution in [-0.4, -0.2) is 66.4 Å². The molecule has 1 aromatic heterocycles. The molecule has 2 fully saturated rings. The summed E-state index contributed by atoms with van der Waals surface area (Å²) in [6.45, 7) is 10.1. The Morgan fingerprint density at radius 2 is 1.77 bits per heavy atom. The molecule has 202 valence electrons. The van der Waals surface area contributed by atoms with E-state index in [9.17, 15) is 4.79 Å². The summed E-state index contributed by atoms with van der Waals surface area (Å²) >= 11 is 6.46. The van der Waals surface area contributed by atoms with Gasteiger partial charge in [-0.3, -0.25) is 14.8 Å². The number of fused-ring (bicyclic) bond motifs is 1. The fourth-order valence-electron chi connectivity index (χ4n) is 5.54. The summed E-state index contributed by atoms with van der Waals surface area (Å²) in [6, 6.07) is 22.3. The van der Waals surface area contributed by atoms with Crippen LogP contribution in [-0.2, 0) is 4.74 Å². The number of nitrogens with one attached hydrogen (secondary N) is 2. The number of ether oxygens (including phenoxy) is 1. The maximum Gasteiger partial charge on any atom is 0.251 e. The SMILES string of the molecule is CC(C)C(NC(=O)c1ccc2[nH]nc(-c3ccc(N4CCN(C5COC5)CC4)cc3)c2c1)c1ccccc1Cl. The van der Waals surface area contributed by atoms with Gasteiger partial charge in [-0.25, -0.2) is 0 Å². The maximum atomic E-state index is 13.4. The molecule has 3 heterocycles. The van der Waals surface area contributed by atoms with Crippen molar-refractivity contribution in [3.05, 3.63) is 82.9 Å². The summed E-state index contributed by atoms with van der Waals surface area (Å²) in [4.78, 5) is 18.3. The predicted octanol–water partition coefficient (Wildman–Crippen LogP) is 5.53. The van der Waals surface area contributed by atoms with Gasteiger partial charge in [-0.15, -0.1) is 0 Å². The van der Waals surface area contributed by atoms with Crippen molar-refractivity contribution < 1.29 is 9.53 Å². The molecule has 1 amide bonds. The van der Waals surface area contributed by atoms with E-state index in [2.05, 4.69) is 63.4 Å². The van der Waals surface area contributed by atoms with Gasteiger partial charge in [0.25, 0.3) is 5.91 Å². The first-order valence-electron chi connectivity index (χ1n) is 13.7. The number of nitrogens with zero attached hydrogens (tertiary/aromatic N) is 3. The zero-order valence-electron chi connectivity index (χ0n) is 22.4. The lowest BCUT2D eigenvalue weighted by molar-refractivity contribution is -0.0660. The molecule has 0 saturated carbocycles. The minimum atomic E-state index is -0.192. The molecule has 1 atom stereocenters. The zero-order valence-corrected chi connectivity index (χ0v) is 23.1. The maximum absolute atomic E-state index is 13.4. The van der Waals surface area contributed by atoms with Crippen LogP contribution < -0.4 is 10.2 Å². The van der Waals surface area contributed by atoms with Crippen LogP contribution in [0.25, 0.3) is 22.2 Å². The molecule has 2 aliphatic rings. The quantitative estimate of drug-likeness (QED) is 0.320. The van der Waals surface area contributed by atoms with Crippen LogP contribution in [0.4, 0.5) is 5.69 Å². The van der Waals surface area contributed by atoms with E-state index in [0.29, 0.717) is 16.6 Å². The van der Waals surface area contributed by atoms with Gasteiger partial charge in [0.05, 0.1) is 36.5 Å². The molecule has 1 unspecified atom stereocenters. The van der Waals surface area contributed by atoms with E-state index in [-0.39, 0.29) is 17.9 Å². The fourth-order valence-corrected chi connectivity index (χ4v) is 5.79. The van der Waals surface area contributed by atoms with Gasteiger partial charge in [-0.2, -0.15) is 5.10 Å². The Bertz CT molecular complexity index is 1460. The first-order chi connectivity index (χ1) is 19.0. The van der Waals surface area contributed by atoms with Gasteiger partial charge >= 0.3 is 0 Å². The van der Waals surface area contributed by atoms with Crippen molar-refractivity contribution in [1.29, 1.82) is 0 Å². The Morgan fingerprint density at radius 1 is 1.03 bits per heavy atom. The lowest BCUT2D eigenvalue weighted by atomic mass is 9.95. The van der Waals surface area contributed by atoms with Crippen LogP contribution in [0.2, 0.25) is 5.02 Å². The van der Waals surface area contributed by atoms with E-state index in [1.807, 2.05) is 42.5 Å². The number of aromatic nitrogens is 2. The molecule has 0 spiro atoms. The average molecular weight is 544 g/mol. The summed E-state index contributed by atoms with van der Waals surface area (Å²) in [5.74, 6) is 0.0430. The molecule has 0 aliphatic carbocycles. The van der Waals surface area contributed by atoms with Crippen LogP contribution in [0.5, 0.6) is 0 Å². The summed E-state index contributed by atoms with van der Waals surface area (Å²) < 4.78 is 5.36. The largest absolute Gasteiger partial charge is 0.378 e. The summed E-state index contributed by atoms with van der Waals surface area (Å²) in [7, 11) is 0. The lowest BCUT2D eigenvalue weighted by Crippen LogP contribution is -2.56. The minimum absolute atomic E-state index is 0.134. The summed E-state index contributed by atoms with van der Waals surface area (Å²) in [5.41, 5.74) is 5.49. The number of carbonyl (C=O) groups excluding carboxylic acids is 1. The number of rotatable bonds is 7. The first-order valence-corrected chi connectivity index (χ1v) is 14.1. The van der Waals surface area contributed by atoms with Crippen molar-refractivity contribution in [3.8, 4) is 11.3 Å². The Morgan fingerprint density at radius 3 is 2.44 bits per heavy atom. The third-order valence-electron chi connectivity index (χ3n) is 7.98. The predicted molar refractivity (Wildman–Crippen MR) is 156 cm³/mol. The second-order valence-electron chi connectivity index (χ2n) is 10.8. The molecule has 0 bridgehead atoms. The molecular formula is C31H34ClN5O2. The number of carbonyl (C=O) groups is 1. The van der Waals surface area contributed by atoms with Crippen molar-refractivity contribution in [3.63, 3.8) is 0 Å². The van der Waals surface area contributed by atoms with Gasteiger partial charge in [0.2, 0.25) is 0 Å². The van der Waals surface area contributed by atoms with Crippen molar-refractivity contribution in [1.82, 2.24) is 20.4 Å². The molecule has 4 aromatic rings. The highest BCUT2D eigenvalue weighted by atomic mass is 35.5. The molecule has 3 aromatic carbocycles. The van der Waals surface area contributed by atoms with Crippen molar-refractivity contribution >= 4 is 34.1 Å². The van der Waals surface area contributed by atoms with E-state index in [4.69, 9.17) is 16.3 Å². The van der Waals surface area contributed by atoms with Gasteiger partial charge in [0.1, 0.15) is 0 Å². The van der Waals surface area contributed by atoms with E-state index in [1.165, 1.54) is 5.69 Å². The number of halogens is 1. The van der Waals surface area contributed by atoms with Gasteiger partial charge < -0.3 is 15.0 Å². The van der Waals surface area contributed by atoms with Crippen LogP contribution in [0.1, 0.15) is 35.8 Å². The molecule has 2 N–H and O–H groups in total.